The van der Waals surface area contributed by atoms with Gasteiger partial charge in [0.15, 0.2) is 0 Å². The summed E-state index contributed by atoms with van der Waals surface area (Å²) >= 11 is 0. The molecule has 1 aliphatic heterocycles. The second-order valence-corrected chi connectivity index (χ2v) is 5.05. The number of nitrogens with zero attached hydrogens (tertiary/aromatic N) is 1. The zero-order chi connectivity index (χ0) is 13.0. The Hall–Kier alpha value is -1.35. The fourth-order valence-corrected chi connectivity index (χ4v) is 2.39. The van der Waals surface area contributed by atoms with Gasteiger partial charge in [-0.2, -0.15) is 0 Å². The van der Waals surface area contributed by atoms with Crippen LogP contribution in [-0.4, -0.2) is 30.4 Å². The Morgan fingerprint density at radius 1 is 1.28 bits per heavy atom. The third-order valence-corrected chi connectivity index (χ3v) is 3.77. The molecule has 1 fully saturated rings. The minimum atomic E-state index is 0.234. The van der Waals surface area contributed by atoms with Gasteiger partial charge in [0.1, 0.15) is 0 Å². The van der Waals surface area contributed by atoms with Crippen LogP contribution in [0.15, 0.2) is 18.2 Å². The van der Waals surface area contributed by atoms with E-state index in [1.165, 1.54) is 16.7 Å². The van der Waals surface area contributed by atoms with E-state index in [1.807, 2.05) is 4.90 Å². The van der Waals surface area contributed by atoms with Crippen LogP contribution in [0, 0.1) is 13.8 Å². The second kappa shape index (κ2) is 6.01. The monoisotopic (exact) mass is 246 g/mol. The first-order chi connectivity index (χ1) is 8.68. The van der Waals surface area contributed by atoms with E-state index in [2.05, 4.69) is 37.4 Å². The van der Waals surface area contributed by atoms with Gasteiger partial charge in [-0.25, -0.2) is 0 Å². The highest BCUT2D eigenvalue weighted by molar-refractivity contribution is 5.78. The van der Waals surface area contributed by atoms with Gasteiger partial charge in [0.2, 0.25) is 5.91 Å². The van der Waals surface area contributed by atoms with E-state index < -0.39 is 0 Å². The quantitative estimate of drug-likeness (QED) is 0.881. The molecule has 18 heavy (non-hydrogen) atoms. The Morgan fingerprint density at radius 3 is 2.72 bits per heavy atom. The predicted octanol–water partition coefficient (Wildman–Crippen LogP) is 2.02. The van der Waals surface area contributed by atoms with Gasteiger partial charge >= 0.3 is 0 Å². The highest BCUT2D eigenvalue weighted by Gasteiger charge is 2.16. The molecule has 0 aliphatic carbocycles. The van der Waals surface area contributed by atoms with E-state index >= 15 is 0 Å². The number of nitrogens with one attached hydrogen (secondary N) is 1. The molecule has 0 bridgehead atoms. The van der Waals surface area contributed by atoms with Gasteiger partial charge in [0, 0.05) is 19.6 Å². The summed E-state index contributed by atoms with van der Waals surface area (Å²) in [7, 11) is 0. The first kappa shape index (κ1) is 13.1. The summed E-state index contributed by atoms with van der Waals surface area (Å²) in [5, 5.41) is 3.26. The van der Waals surface area contributed by atoms with Crippen molar-refractivity contribution in [1.82, 2.24) is 10.2 Å². The molecular weight excluding hydrogens is 224 g/mol. The number of benzene rings is 1. The molecule has 0 atom stereocenters. The number of amides is 1. The SMILES string of the molecule is Cc1cccc(CNCC(=O)N2CCCC2)c1C. The Labute approximate surface area is 109 Å². The third-order valence-electron chi connectivity index (χ3n) is 3.77. The van der Waals surface area contributed by atoms with Crippen LogP contribution in [0.1, 0.15) is 29.5 Å². The lowest BCUT2D eigenvalue weighted by Crippen LogP contribution is -2.36. The molecule has 3 nitrogen and oxygen atoms in total. The fraction of sp³-hybridized carbons (Fsp3) is 0.533. The molecule has 0 radical (unpaired) electrons. The highest BCUT2D eigenvalue weighted by atomic mass is 16.2. The molecule has 1 saturated heterocycles. The molecule has 1 amide bonds. The molecule has 1 aromatic rings. The van der Waals surface area contributed by atoms with Crippen LogP contribution in [0.25, 0.3) is 0 Å². The molecule has 98 valence electrons. The molecule has 0 saturated carbocycles. The van der Waals surface area contributed by atoms with Gasteiger partial charge in [0.25, 0.3) is 0 Å². The van der Waals surface area contributed by atoms with Gasteiger partial charge in [0.05, 0.1) is 6.54 Å². The summed E-state index contributed by atoms with van der Waals surface area (Å²) in [6, 6.07) is 6.31. The average Bonchev–Trinajstić information content (AvgIpc) is 2.88. The zero-order valence-electron chi connectivity index (χ0n) is 11.3. The van der Waals surface area contributed by atoms with Crippen molar-refractivity contribution >= 4 is 5.91 Å². The second-order valence-electron chi connectivity index (χ2n) is 5.05. The Kier molecular flexibility index (Phi) is 4.37. The zero-order valence-corrected chi connectivity index (χ0v) is 11.3. The molecule has 0 spiro atoms. The van der Waals surface area contributed by atoms with Crippen LogP contribution in [0.4, 0.5) is 0 Å². The van der Waals surface area contributed by atoms with Crippen LogP contribution in [0.2, 0.25) is 0 Å². The molecular formula is C15H22N2O. The standard InChI is InChI=1S/C15H22N2O/c1-12-6-5-7-14(13(12)2)10-16-11-15(18)17-8-3-4-9-17/h5-7,16H,3-4,8-11H2,1-2H3. The molecule has 0 aromatic heterocycles. The van der Waals surface area contributed by atoms with E-state index in [-0.39, 0.29) is 5.91 Å². The number of hydrogen-bond acceptors (Lipinski definition) is 2. The van der Waals surface area contributed by atoms with Crippen molar-refractivity contribution in [3.63, 3.8) is 0 Å². The molecule has 1 heterocycles. The Bertz CT molecular complexity index is 423. The van der Waals surface area contributed by atoms with Gasteiger partial charge in [-0.05, 0) is 43.4 Å². The highest BCUT2D eigenvalue weighted by Crippen LogP contribution is 2.12. The fourth-order valence-electron chi connectivity index (χ4n) is 2.39. The minimum absolute atomic E-state index is 0.234. The van der Waals surface area contributed by atoms with E-state index in [0.717, 1.165) is 32.5 Å². The Morgan fingerprint density at radius 2 is 2.00 bits per heavy atom. The smallest absolute Gasteiger partial charge is 0.236 e. The average molecular weight is 246 g/mol. The summed E-state index contributed by atoms with van der Waals surface area (Å²) in [6.07, 6.45) is 2.31. The number of aryl methyl sites for hydroxylation is 1. The lowest BCUT2D eigenvalue weighted by Gasteiger charge is -2.16. The number of likely N-dealkylation sites (tertiary alicyclic amines) is 1. The van der Waals surface area contributed by atoms with E-state index in [0.29, 0.717) is 6.54 Å². The van der Waals surface area contributed by atoms with Crippen molar-refractivity contribution in [2.45, 2.75) is 33.2 Å². The van der Waals surface area contributed by atoms with Crippen molar-refractivity contribution in [3.8, 4) is 0 Å². The Balaban J connectivity index is 1.81. The number of carbonyl (C=O) groups is 1. The summed E-state index contributed by atoms with van der Waals surface area (Å²) < 4.78 is 0. The van der Waals surface area contributed by atoms with Gasteiger partial charge in [-0.3, -0.25) is 4.79 Å². The van der Waals surface area contributed by atoms with Crippen LogP contribution in [0.5, 0.6) is 0 Å². The van der Waals surface area contributed by atoms with Crippen molar-refractivity contribution in [2.75, 3.05) is 19.6 Å². The molecule has 1 N–H and O–H groups in total. The van der Waals surface area contributed by atoms with Crippen molar-refractivity contribution in [1.29, 1.82) is 0 Å². The number of carbonyl (C=O) groups excluding carboxylic acids is 1. The van der Waals surface area contributed by atoms with Crippen LogP contribution in [-0.2, 0) is 11.3 Å². The van der Waals surface area contributed by atoms with Crippen LogP contribution >= 0.6 is 0 Å². The van der Waals surface area contributed by atoms with Crippen molar-refractivity contribution in [2.24, 2.45) is 0 Å². The first-order valence-corrected chi connectivity index (χ1v) is 6.72. The molecule has 3 heteroatoms. The van der Waals surface area contributed by atoms with E-state index in [9.17, 15) is 4.79 Å². The van der Waals surface area contributed by atoms with E-state index in [1.54, 1.807) is 0 Å². The van der Waals surface area contributed by atoms with Crippen molar-refractivity contribution in [3.05, 3.63) is 34.9 Å². The maximum Gasteiger partial charge on any atom is 0.236 e. The topological polar surface area (TPSA) is 32.3 Å². The third kappa shape index (κ3) is 3.10. The molecule has 1 aromatic carbocycles. The molecule has 1 aliphatic rings. The maximum absolute atomic E-state index is 11.9. The van der Waals surface area contributed by atoms with Crippen LogP contribution < -0.4 is 5.32 Å². The lowest BCUT2D eigenvalue weighted by atomic mass is 10.0. The first-order valence-electron chi connectivity index (χ1n) is 6.72. The van der Waals surface area contributed by atoms with Gasteiger partial charge in [-0.1, -0.05) is 18.2 Å². The molecule has 2 rings (SSSR count). The lowest BCUT2D eigenvalue weighted by molar-refractivity contribution is -0.129. The van der Waals surface area contributed by atoms with Crippen LogP contribution in [0.3, 0.4) is 0 Å². The van der Waals surface area contributed by atoms with Gasteiger partial charge in [-0.15, -0.1) is 0 Å². The maximum atomic E-state index is 11.9. The normalized spacial score (nSPS) is 15.1. The molecule has 0 unspecified atom stereocenters. The summed E-state index contributed by atoms with van der Waals surface area (Å²) in [6.45, 7) is 7.34. The minimum Gasteiger partial charge on any atom is -0.342 e. The summed E-state index contributed by atoms with van der Waals surface area (Å²) in [5.74, 6) is 0.234. The summed E-state index contributed by atoms with van der Waals surface area (Å²) in [4.78, 5) is 13.8. The largest absolute Gasteiger partial charge is 0.342 e. The van der Waals surface area contributed by atoms with Gasteiger partial charge < -0.3 is 10.2 Å². The number of rotatable bonds is 4. The predicted molar refractivity (Wildman–Crippen MR) is 73.4 cm³/mol. The summed E-state index contributed by atoms with van der Waals surface area (Å²) in [5.41, 5.74) is 3.91. The number of hydrogen-bond donors (Lipinski definition) is 1. The van der Waals surface area contributed by atoms with E-state index in [4.69, 9.17) is 0 Å². The van der Waals surface area contributed by atoms with Crippen molar-refractivity contribution < 1.29 is 4.79 Å².